The molecule has 0 spiro atoms. The summed E-state index contributed by atoms with van der Waals surface area (Å²) in [6.45, 7) is 2.69. The number of likely N-dealkylation sites (tertiary alicyclic amines) is 1. The number of benzene rings is 1. The molecule has 28 heavy (non-hydrogen) atoms. The first-order valence-electron chi connectivity index (χ1n) is 9.94. The second kappa shape index (κ2) is 7.25. The fraction of sp³-hybridized carbons (Fsp3) is 0.524. The Labute approximate surface area is 168 Å². The highest BCUT2D eigenvalue weighted by Gasteiger charge is 2.36. The summed E-state index contributed by atoms with van der Waals surface area (Å²) in [5.41, 5.74) is 0.844. The van der Waals surface area contributed by atoms with Crippen LogP contribution in [0.3, 0.4) is 0 Å². The van der Waals surface area contributed by atoms with Gasteiger partial charge in [-0.05, 0) is 55.0 Å². The Balaban J connectivity index is 1.38. The molecule has 1 N–H and O–H groups in total. The second-order valence-electron chi connectivity index (χ2n) is 8.15. The zero-order chi connectivity index (χ0) is 19.3. The van der Waals surface area contributed by atoms with E-state index in [1.807, 2.05) is 18.2 Å². The number of carbonyl (C=O) groups is 1. The van der Waals surface area contributed by atoms with E-state index in [9.17, 15) is 4.79 Å². The molecule has 1 amide bonds. The molecule has 0 bridgehead atoms. The maximum Gasteiger partial charge on any atom is 0.228 e. The summed E-state index contributed by atoms with van der Waals surface area (Å²) in [6.07, 6.45) is 3.38. The van der Waals surface area contributed by atoms with Gasteiger partial charge in [-0.3, -0.25) is 9.69 Å². The van der Waals surface area contributed by atoms with Crippen LogP contribution in [-0.4, -0.2) is 54.3 Å². The van der Waals surface area contributed by atoms with E-state index < -0.39 is 6.17 Å². The number of carbonyl (C=O) groups excluding carboxylic acids is 1. The Morgan fingerprint density at radius 2 is 2.04 bits per heavy atom. The molecule has 5 nitrogen and oxygen atoms in total. The largest absolute Gasteiger partial charge is 0.378 e. The molecule has 1 aliphatic carbocycles. The number of hydrogen-bond acceptors (Lipinski definition) is 4. The number of nitrogens with one attached hydrogen (secondary N) is 1. The monoisotopic (exact) mass is 403 g/mol. The van der Waals surface area contributed by atoms with Gasteiger partial charge in [-0.15, -0.1) is 0 Å². The average Bonchev–Trinajstić information content (AvgIpc) is 3.46. The quantitative estimate of drug-likeness (QED) is 0.844. The Kier molecular flexibility index (Phi) is 4.73. The van der Waals surface area contributed by atoms with E-state index in [4.69, 9.17) is 16.3 Å². The minimum absolute atomic E-state index is 0.0252. The molecule has 1 saturated carbocycles. The first-order chi connectivity index (χ1) is 13.6. The van der Waals surface area contributed by atoms with Crippen LogP contribution in [0.2, 0.25) is 5.02 Å². The van der Waals surface area contributed by atoms with Crippen LogP contribution in [0.4, 0.5) is 10.2 Å². The Hall–Kier alpha value is -1.76. The fourth-order valence-corrected chi connectivity index (χ4v) is 4.47. The predicted octanol–water partition coefficient (Wildman–Crippen LogP) is 3.76. The van der Waals surface area contributed by atoms with Crippen molar-refractivity contribution in [3.05, 3.63) is 35.0 Å². The molecule has 2 aromatic rings. The van der Waals surface area contributed by atoms with Crippen LogP contribution < -0.4 is 5.32 Å². The summed E-state index contributed by atoms with van der Waals surface area (Å²) in [4.78, 5) is 18.5. The molecular formula is C21H23ClFN3O2. The van der Waals surface area contributed by atoms with Crippen molar-refractivity contribution < 1.29 is 13.9 Å². The number of rotatable bonds is 4. The normalized spacial score (nSPS) is 26.2. The highest BCUT2D eigenvalue weighted by atomic mass is 35.5. The third kappa shape index (κ3) is 3.49. The summed E-state index contributed by atoms with van der Waals surface area (Å²) in [6, 6.07) is 6.02. The van der Waals surface area contributed by atoms with E-state index in [0.717, 1.165) is 42.1 Å². The van der Waals surface area contributed by atoms with Gasteiger partial charge in [-0.1, -0.05) is 11.6 Å². The minimum atomic E-state index is -0.958. The smallest absolute Gasteiger partial charge is 0.228 e. The molecule has 2 aliphatic heterocycles. The van der Waals surface area contributed by atoms with Crippen LogP contribution in [0.15, 0.2) is 24.4 Å². The third-order valence-electron chi connectivity index (χ3n) is 6.15. The van der Waals surface area contributed by atoms with Crippen molar-refractivity contribution in [2.75, 3.05) is 31.6 Å². The average molecular weight is 404 g/mol. The van der Waals surface area contributed by atoms with Crippen LogP contribution in [0.1, 0.15) is 30.7 Å². The molecule has 5 rings (SSSR count). The summed E-state index contributed by atoms with van der Waals surface area (Å²) in [5.74, 6) is 0.468. The number of amides is 1. The van der Waals surface area contributed by atoms with E-state index >= 15 is 4.39 Å². The molecule has 3 fully saturated rings. The number of hydrogen-bond donors (Lipinski definition) is 1. The van der Waals surface area contributed by atoms with Crippen molar-refractivity contribution in [1.29, 1.82) is 0 Å². The highest BCUT2D eigenvalue weighted by Crippen LogP contribution is 2.38. The maximum atomic E-state index is 15.0. The van der Waals surface area contributed by atoms with Gasteiger partial charge in [0.05, 0.1) is 19.3 Å². The molecule has 1 aromatic carbocycles. The van der Waals surface area contributed by atoms with Gasteiger partial charge in [0.15, 0.2) is 0 Å². The number of alkyl halides is 1. The number of ether oxygens (including phenoxy) is 1. The Bertz CT molecular complexity index is 916. The molecule has 3 aliphatic rings. The van der Waals surface area contributed by atoms with E-state index in [0.29, 0.717) is 36.6 Å². The van der Waals surface area contributed by atoms with Gasteiger partial charge >= 0.3 is 0 Å². The number of aromatic nitrogens is 1. The number of halogens is 2. The van der Waals surface area contributed by atoms with Gasteiger partial charge in [-0.2, -0.15) is 0 Å². The Morgan fingerprint density at radius 1 is 1.21 bits per heavy atom. The molecule has 3 heterocycles. The second-order valence-corrected chi connectivity index (χ2v) is 8.56. The number of piperidine rings is 1. The van der Waals surface area contributed by atoms with E-state index in [1.165, 1.54) is 0 Å². The summed E-state index contributed by atoms with van der Waals surface area (Å²) in [5, 5.41) is 5.26. The first kappa shape index (κ1) is 18.3. The predicted molar refractivity (Wildman–Crippen MR) is 107 cm³/mol. The van der Waals surface area contributed by atoms with E-state index in [2.05, 4.69) is 15.2 Å². The molecule has 2 saturated heterocycles. The lowest BCUT2D eigenvalue weighted by atomic mass is 9.86. The number of pyridine rings is 1. The molecule has 0 radical (unpaired) electrons. The SMILES string of the molecule is O=C(Nc1cc2cc(C3CCN(C4COC4)C[C@@H]3F)c(Cl)cc2cn1)C1CC1. The van der Waals surface area contributed by atoms with E-state index in [-0.39, 0.29) is 17.7 Å². The lowest BCUT2D eigenvalue weighted by molar-refractivity contribution is -0.117. The van der Waals surface area contributed by atoms with Crippen molar-refractivity contribution in [3.63, 3.8) is 0 Å². The van der Waals surface area contributed by atoms with Crippen LogP contribution >= 0.6 is 11.6 Å². The van der Waals surface area contributed by atoms with Gasteiger partial charge in [0, 0.05) is 35.0 Å². The molecule has 7 heteroatoms. The lowest BCUT2D eigenvalue weighted by Crippen LogP contribution is -2.54. The third-order valence-corrected chi connectivity index (χ3v) is 6.47. The molecular weight excluding hydrogens is 381 g/mol. The van der Waals surface area contributed by atoms with Crippen LogP contribution in [0.25, 0.3) is 10.8 Å². The van der Waals surface area contributed by atoms with E-state index in [1.54, 1.807) is 6.20 Å². The van der Waals surface area contributed by atoms with Crippen molar-refractivity contribution in [2.24, 2.45) is 5.92 Å². The van der Waals surface area contributed by atoms with Crippen LogP contribution in [-0.2, 0) is 9.53 Å². The molecule has 148 valence electrons. The number of anilines is 1. The fourth-order valence-electron chi connectivity index (χ4n) is 4.15. The zero-order valence-corrected chi connectivity index (χ0v) is 16.3. The van der Waals surface area contributed by atoms with Crippen molar-refractivity contribution in [2.45, 2.75) is 37.4 Å². The van der Waals surface area contributed by atoms with Gasteiger partial charge in [-0.25, -0.2) is 9.37 Å². The first-order valence-corrected chi connectivity index (χ1v) is 10.3. The minimum Gasteiger partial charge on any atom is -0.378 e. The zero-order valence-electron chi connectivity index (χ0n) is 15.5. The molecule has 2 atom stereocenters. The topological polar surface area (TPSA) is 54.5 Å². The summed E-state index contributed by atoms with van der Waals surface area (Å²) in [7, 11) is 0. The van der Waals surface area contributed by atoms with Crippen molar-refractivity contribution in [3.8, 4) is 0 Å². The van der Waals surface area contributed by atoms with Gasteiger partial charge < -0.3 is 10.1 Å². The number of nitrogens with zero attached hydrogens (tertiary/aromatic N) is 2. The maximum absolute atomic E-state index is 15.0. The summed E-state index contributed by atoms with van der Waals surface area (Å²) < 4.78 is 20.3. The molecule has 1 unspecified atom stereocenters. The van der Waals surface area contributed by atoms with Gasteiger partial charge in [0.1, 0.15) is 12.0 Å². The molecule has 1 aromatic heterocycles. The highest BCUT2D eigenvalue weighted by molar-refractivity contribution is 6.32. The summed E-state index contributed by atoms with van der Waals surface area (Å²) >= 11 is 6.52. The lowest BCUT2D eigenvalue weighted by Gasteiger charge is -2.43. The van der Waals surface area contributed by atoms with Gasteiger partial charge in [0.25, 0.3) is 0 Å². The van der Waals surface area contributed by atoms with Crippen molar-refractivity contribution >= 4 is 34.1 Å². The number of fused-ring (bicyclic) bond motifs is 1. The van der Waals surface area contributed by atoms with Crippen LogP contribution in [0.5, 0.6) is 0 Å². The van der Waals surface area contributed by atoms with Crippen molar-refractivity contribution in [1.82, 2.24) is 9.88 Å². The van der Waals surface area contributed by atoms with Crippen LogP contribution in [0, 0.1) is 5.92 Å². The standard InChI is InChI=1S/C21H23ClFN3O2/c22-18-6-14-8-24-20(25-21(27)12-1-2-12)7-13(14)5-17(18)16-3-4-26(9-19(16)23)15-10-28-11-15/h5-8,12,15-16,19H,1-4,9-11H2,(H,24,25,27)/t16?,19-/m0/s1. The van der Waals surface area contributed by atoms with Gasteiger partial charge in [0.2, 0.25) is 5.91 Å². The Morgan fingerprint density at radius 3 is 2.71 bits per heavy atom.